The maximum Gasteiger partial charge on any atom is 0.0716 e. The number of hydrogen-bond donors (Lipinski definition) is 0. The first-order valence-corrected chi connectivity index (χ1v) is 4.50. The summed E-state index contributed by atoms with van der Waals surface area (Å²) in [5.74, 6) is -1.18. The molecule has 15 heavy (non-hydrogen) atoms. The third-order valence-corrected chi connectivity index (χ3v) is 2.20. The molecule has 0 bridgehead atoms. The molecule has 1 heterocycles. The van der Waals surface area contributed by atoms with Crippen LogP contribution in [0.1, 0.15) is 15.9 Å². The van der Waals surface area contributed by atoms with Crippen molar-refractivity contribution in [1.29, 1.82) is 0 Å². The summed E-state index contributed by atoms with van der Waals surface area (Å²) in [5, 5.41) is 14.7. The molecule has 0 radical (unpaired) electrons. The van der Waals surface area contributed by atoms with Gasteiger partial charge in [-0.3, -0.25) is 0 Å². The zero-order chi connectivity index (χ0) is 10.8. The highest BCUT2D eigenvalue weighted by atomic mass is 16.4. The van der Waals surface area contributed by atoms with Crippen molar-refractivity contribution in [1.82, 2.24) is 9.78 Å². The van der Waals surface area contributed by atoms with E-state index in [9.17, 15) is 9.90 Å². The summed E-state index contributed by atoms with van der Waals surface area (Å²) in [4.78, 5) is 10.7. The first kappa shape index (κ1) is 9.45. The normalized spacial score (nSPS) is 10.2. The summed E-state index contributed by atoms with van der Waals surface area (Å²) in [6.45, 7) is 1.90. The van der Waals surface area contributed by atoms with E-state index in [1.807, 2.05) is 6.92 Å². The lowest BCUT2D eigenvalue weighted by atomic mass is 10.1. The largest absolute Gasteiger partial charge is 0.545 e. The average molecular weight is 201 g/mol. The van der Waals surface area contributed by atoms with Crippen molar-refractivity contribution in [3.05, 3.63) is 47.8 Å². The predicted octanol–water partition coefficient (Wildman–Crippen LogP) is 0.544. The van der Waals surface area contributed by atoms with E-state index in [1.54, 1.807) is 35.3 Å². The monoisotopic (exact) mass is 201 g/mol. The first-order chi connectivity index (χ1) is 7.18. The quantitative estimate of drug-likeness (QED) is 0.712. The minimum Gasteiger partial charge on any atom is -0.545 e. The number of rotatable bonds is 2. The average Bonchev–Trinajstić information content (AvgIpc) is 2.71. The number of aromatic carboxylic acids is 1. The molecule has 0 aliphatic heterocycles. The minimum atomic E-state index is -1.18. The molecule has 0 aliphatic carbocycles. The Morgan fingerprint density at radius 2 is 2.27 bits per heavy atom. The SMILES string of the molecule is Cc1ccc(C(=O)[O-])cc1-n1cccn1. The van der Waals surface area contributed by atoms with Gasteiger partial charge in [0.2, 0.25) is 0 Å². The minimum absolute atomic E-state index is 0.158. The van der Waals surface area contributed by atoms with E-state index in [2.05, 4.69) is 5.10 Å². The number of aryl methyl sites for hydroxylation is 1. The Kier molecular flexibility index (Phi) is 2.25. The lowest BCUT2D eigenvalue weighted by molar-refractivity contribution is -0.255. The van der Waals surface area contributed by atoms with Gasteiger partial charge < -0.3 is 9.90 Å². The number of carbonyl (C=O) groups is 1. The fraction of sp³-hybridized carbons (Fsp3) is 0.0909. The molecule has 0 spiro atoms. The number of benzene rings is 1. The van der Waals surface area contributed by atoms with Crippen LogP contribution >= 0.6 is 0 Å². The molecule has 0 unspecified atom stereocenters. The first-order valence-electron chi connectivity index (χ1n) is 4.50. The summed E-state index contributed by atoms with van der Waals surface area (Å²) >= 11 is 0. The molecule has 0 saturated heterocycles. The molecule has 4 heteroatoms. The van der Waals surface area contributed by atoms with Gasteiger partial charge in [0, 0.05) is 12.4 Å². The molecule has 4 nitrogen and oxygen atoms in total. The summed E-state index contributed by atoms with van der Waals surface area (Å²) in [7, 11) is 0. The van der Waals surface area contributed by atoms with Gasteiger partial charge in [0.15, 0.2) is 0 Å². The van der Waals surface area contributed by atoms with Crippen molar-refractivity contribution < 1.29 is 9.90 Å². The van der Waals surface area contributed by atoms with E-state index in [1.165, 1.54) is 6.07 Å². The van der Waals surface area contributed by atoms with Crippen molar-refractivity contribution >= 4 is 5.97 Å². The fourth-order valence-corrected chi connectivity index (χ4v) is 1.39. The molecule has 2 aromatic rings. The van der Waals surface area contributed by atoms with Crippen molar-refractivity contribution in [2.75, 3.05) is 0 Å². The maximum atomic E-state index is 10.7. The number of carboxylic acid groups (broad SMARTS) is 1. The van der Waals surface area contributed by atoms with Gasteiger partial charge in [-0.1, -0.05) is 12.1 Å². The molecule has 1 aromatic heterocycles. The van der Waals surface area contributed by atoms with Gasteiger partial charge in [0.1, 0.15) is 0 Å². The standard InChI is InChI=1S/C11H10N2O2/c1-8-3-4-9(11(14)15)7-10(8)13-6-2-5-12-13/h2-7H,1H3,(H,14,15)/p-1. The van der Waals surface area contributed by atoms with Gasteiger partial charge in [-0.2, -0.15) is 5.10 Å². The van der Waals surface area contributed by atoms with E-state index >= 15 is 0 Å². The lowest BCUT2D eigenvalue weighted by Gasteiger charge is -2.09. The van der Waals surface area contributed by atoms with Gasteiger partial charge in [-0.15, -0.1) is 0 Å². The van der Waals surface area contributed by atoms with Crippen molar-refractivity contribution in [2.24, 2.45) is 0 Å². The van der Waals surface area contributed by atoms with Crippen LogP contribution in [0.4, 0.5) is 0 Å². The Bertz CT molecular complexity index is 489. The van der Waals surface area contributed by atoms with Crippen LogP contribution < -0.4 is 5.11 Å². The van der Waals surface area contributed by atoms with E-state index < -0.39 is 5.97 Å². The van der Waals surface area contributed by atoms with Gasteiger partial charge in [-0.25, -0.2) is 4.68 Å². The highest BCUT2D eigenvalue weighted by Crippen LogP contribution is 2.14. The Labute approximate surface area is 86.8 Å². The third-order valence-electron chi connectivity index (χ3n) is 2.20. The fourth-order valence-electron chi connectivity index (χ4n) is 1.39. The predicted molar refractivity (Wildman–Crippen MR) is 52.6 cm³/mol. The van der Waals surface area contributed by atoms with E-state index in [0.29, 0.717) is 0 Å². The van der Waals surface area contributed by atoms with E-state index in [-0.39, 0.29) is 5.56 Å². The Morgan fingerprint density at radius 1 is 1.47 bits per heavy atom. The topological polar surface area (TPSA) is 57.9 Å². The Balaban J connectivity index is 2.55. The third kappa shape index (κ3) is 1.74. The lowest BCUT2D eigenvalue weighted by Crippen LogP contribution is -2.22. The molecule has 0 saturated carbocycles. The van der Waals surface area contributed by atoms with Crippen molar-refractivity contribution in [2.45, 2.75) is 6.92 Å². The zero-order valence-electron chi connectivity index (χ0n) is 8.18. The van der Waals surface area contributed by atoms with E-state index in [0.717, 1.165) is 11.3 Å². The Hall–Kier alpha value is -2.10. The van der Waals surface area contributed by atoms with Crippen LogP contribution in [0.2, 0.25) is 0 Å². The maximum absolute atomic E-state index is 10.7. The van der Waals surface area contributed by atoms with Gasteiger partial charge in [0.25, 0.3) is 0 Å². The molecular formula is C11H9N2O2-. The highest BCUT2D eigenvalue weighted by Gasteiger charge is 2.03. The molecule has 0 atom stereocenters. The van der Waals surface area contributed by atoms with Crippen LogP contribution in [0.5, 0.6) is 0 Å². The van der Waals surface area contributed by atoms with Crippen LogP contribution in [-0.2, 0) is 0 Å². The van der Waals surface area contributed by atoms with Crippen molar-refractivity contribution in [3.8, 4) is 5.69 Å². The zero-order valence-corrected chi connectivity index (χ0v) is 8.18. The van der Waals surface area contributed by atoms with Gasteiger partial charge >= 0.3 is 0 Å². The second-order valence-corrected chi connectivity index (χ2v) is 3.24. The van der Waals surface area contributed by atoms with Gasteiger partial charge in [0.05, 0.1) is 11.7 Å². The second kappa shape index (κ2) is 3.57. The molecule has 0 amide bonds. The molecular weight excluding hydrogens is 192 g/mol. The molecule has 1 aromatic carbocycles. The van der Waals surface area contributed by atoms with Crippen molar-refractivity contribution in [3.63, 3.8) is 0 Å². The number of aromatic nitrogens is 2. The summed E-state index contributed by atoms with van der Waals surface area (Å²) in [5.41, 5.74) is 1.87. The summed E-state index contributed by atoms with van der Waals surface area (Å²) in [6.07, 6.45) is 3.41. The summed E-state index contributed by atoms with van der Waals surface area (Å²) < 4.78 is 1.63. The number of nitrogens with zero attached hydrogens (tertiary/aromatic N) is 2. The summed E-state index contributed by atoms with van der Waals surface area (Å²) in [6, 6.07) is 6.60. The molecule has 76 valence electrons. The van der Waals surface area contributed by atoms with Gasteiger partial charge in [-0.05, 0) is 30.2 Å². The van der Waals surface area contributed by atoms with Crippen LogP contribution in [0.15, 0.2) is 36.7 Å². The van der Waals surface area contributed by atoms with Crippen LogP contribution in [0, 0.1) is 6.92 Å². The van der Waals surface area contributed by atoms with Crippen LogP contribution in [0.3, 0.4) is 0 Å². The van der Waals surface area contributed by atoms with Crippen LogP contribution in [0.25, 0.3) is 5.69 Å². The van der Waals surface area contributed by atoms with Crippen LogP contribution in [-0.4, -0.2) is 15.7 Å². The second-order valence-electron chi connectivity index (χ2n) is 3.24. The van der Waals surface area contributed by atoms with E-state index in [4.69, 9.17) is 0 Å². The molecule has 0 aliphatic rings. The number of hydrogen-bond acceptors (Lipinski definition) is 3. The molecule has 0 fully saturated rings. The highest BCUT2D eigenvalue weighted by molar-refractivity contribution is 5.86. The number of carboxylic acids is 1. The molecule has 0 N–H and O–H groups in total. The number of carbonyl (C=O) groups excluding carboxylic acids is 1. The smallest absolute Gasteiger partial charge is 0.0716 e. The molecule has 2 rings (SSSR count). The Morgan fingerprint density at radius 3 is 2.87 bits per heavy atom.